The van der Waals surface area contributed by atoms with Crippen molar-refractivity contribution in [3.63, 3.8) is 0 Å². The fraction of sp³-hybridized carbons (Fsp3) is 0.296. The molecule has 0 aromatic heterocycles. The maximum Gasteiger partial charge on any atom is 0.346 e. The highest BCUT2D eigenvalue weighted by atomic mass is 31.2. The molecule has 1 atom stereocenters. The van der Waals surface area contributed by atoms with E-state index in [2.05, 4.69) is 20.8 Å². The van der Waals surface area contributed by atoms with Crippen molar-refractivity contribution in [1.82, 2.24) is 0 Å². The summed E-state index contributed by atoms with van der Waals surface area (Å²) in [5, 5.41) is 0.409. The first-order valence-corrected chi connectivity index (χ1v) is 12.1. The molecule has 0 aliphatic rings. The van der Waals surface area contributed by atoms with Crippen molar-refractivity contribution < 1.29 is 13.9 Å². The van der Waals surface area contributed by atoms with E-state index >= 15 is 0 Å². The zero-order valence-corrected chi connectivity index (χ0v) is 20.3. The van der Waals surface area contributed by atoms with Gasteiger partial charge in [-0.1, -0.05) is 74.4 Å². The molecule has 0 saturated carbocycles. The summed E-state index contributed by atoms with van der Waals surface area (Å²) in [7, 11) is -3.93. The molecule has 31 heavy (non-hydrogen) atoms. The van der Waals surface area contributed by atoms with Crippen LogP contribution in [0.2, 0.25) is 0 Å². The lowest BCUT2D eigenvalue weighted by molar-refractivity contribution is 0.106. The Kier molecular flexibility index (Phi) is 6.30. The summed E-state index contributed by atoms with van der Waals surface area (Å²) >= 11 is 0. The van der Waals surface area contributed by atoms with Crippen LogP contribution in [0.15, 0.2) is 60.7 Å². The van der Waals surface area contributed by atoms with Crippen LogP contribution >= 0.6 is 7.37 Å². The first kappa shape index (κ1) is 23.0. The molecule has 3 aromatic carbocycles. The Morgan fingerprint density at radius 1 is 0.806 bits per heavy atom. The van der Waals surface area contributed by atoms with Gasteiger partial charge in [0.2, 0.25) is 0 Å². The Morgan fingerprint density at radius 3 is 1.90 bits per heavy atom. The Hall–Kier alpha value is -2.64. The van der Waals surface area contributed by atoms with Crippen molar-refractivity contribution >= 4 is 18.2 Å². The smallest absolute Gasteiger partial charge is 0.346 e. The maximum atomic E-state index is 14.5. The molecule has 0 spiro atoms. The second-order valence-electron chi connectivity index (χ2n) is 9.30. The van der Waals surface area contributed by atoms with Gasteiger partial charge in [-0.05, 0) is 68.0 Å². The lowest BCUT2D eigenvalue weighted by atomic mass is 9.86. The van der Waals surface area contributed by atoms with Crippen LogP contribution in [0, 0.1) is 27.7 Å². The number of hydrogen-bond acceptors (Lipinski definition) is 3. The number of hydrogen-bond donors (Lipinski definition) is 0. The van der Waals surface area contributed by atoms with Crippen molar-refractivity contribution in [3.05, 3.63) is 94.0 Å². The van der Waals surface area contributed by atoms with Crippen LogP contribution < -0.4 is 9.83 Å². The lowest BCUT2D eigenvalue weighted by Crippen LogP contribution is -2.21. The number of benzene rings is 3. The monoisotopic (exact) mass is 434 g/mol. The number of rotatable bonds is 5. The van der Waals surface area contributed by atoms with Gasteiger partial charge in [-0.25, -0.2) is 0 Å². The van der Waals surface area contributed by atoms with Gasteiger partial charge in [0.05, 0.1) is 5.30 Å². The minimum Gasteiger partial charge on any atom is -0.435 e. The van der Waals surface area contributed by atoms with Crippen LogP contribution in [0.25, 0.3) is 0 Å². The van der Waals surface area contributed by atoms with Crippen LogP contribution in [0.3, 0.4) is 0 Å². The van der Waals surface area contributed by atoms with Crippen molar-refractivity contribution in [3.8, 4) is 5.75 Å². The van der Waals surface area contributed by atoms with Gasteiger partial charge in [0, 0.05) is 5.56 Å². The molecule has 1 unspecified atom stereocenters. The summed E-state index contributed by atoms with van der Waals surface area (Å²) in [6.45, 7) is 13.9. The summed E-state index contributed by atoms with van der Waals surface area (Å²) in [4.78, 5) is 13.9. The predicted molar refractivity (Wildman–Crippen MR) is 129 cm³/mol. The molecule has 0 bridgehead atoms. The molecule has 0 saturated heterocycles. The van der Waals surface area contributed by atoms with Crippen LogP contribution in [0.4, 0.5) is 0 Å². The van der Waals surface area contributed by atoms with Gasteiger partial charge in [0.1, 0.15) is 5.75 Å². The van der Waals surface area contributed by atoms with Gasteiger partial charge >= 0.3 is 7.37 Å². The Bertz CT molecular complexity index is 1140. The van der Waals surface area contributed by atoms with Crippen LogP contribution in [-0.4, -0.2) is 5.52 Å². The van der Waals surface area contributed by atoms with E-state index < -0.39 is 12.9 Å². The molecule has 0 fully saturated rings. The summed E-state index contributed by atoms with van der Waals surface area (Å²) in [5.41, 5.74) is 4.40. The molecular weight excluding hydrogens is 403 g/mol. The first-order chi connectivity index (χ1) is 14.4. The molecule has 4 heteroatoms. The topological polar surface area (TPSA) is 43.4 Å². The van der Waals surface area contributed by atoms with Crippen molar-refractivity contribution in [1.29, 1.82) is 0 Å². The molecule has 3 nitrogen and oxygen atoms in total. The minimum absolute atomic E-state index is 0.229. The second-order valence-corrected chi connectivity index (χ2v) is 11.5. The van der Waals surface area contributed by atoms with E-state index in [0.717, 1.165) is 27.8 Å². The summed E-state index contributed by atoms with van der Waals surface area (Å²) in [6.07, 6.45) is 0. The van der Waals surface area contributed by atoms with Crippen molar-refractivity contribution in [2.45, 2.75) is 53.9 Å². The molecule has 0 aliphatic heterocycles. The molecule has 0 heterocycles. The van der Waals surface area contributed by atoms with E-state index in [1.165, 1.54) is 0 Å². The van der Waals surface area contributed by atoms with Gasteiger partial charge < -0.3 is 4.52 Å². The predicted octanol–water partition coefficient (Wildman–Crippen LogP) is 7.04. The molecule has 0 amide bonds. The normalized spacial score (nSPS) is 13.5. The Labute approximate surface area is 185 Å². The third-order valence-corrected chi connectivity index (χ3v) is 7.64. The van der Waals surface area contributed by atoms with E-state index in [9.17, 15) is 9.36 Å². The van der Waals surface area contributed by atoms with Gasteiger partial charge in [0.25, 0.3) is 5.52 Å². The molecule has 3 aromatic rings. The Morgan fingerprint density at radius 2 is 1.35 bits per heavy atom. The lowest BCUT2D eigenvalue weighted by Gasteiger charge is -2.26. The molecule has 3 rings (SSSR count). The van der Waals surface area contributed by atoms with E-state index in [0.29, 0.717) is 16.6 Å². The maximum absolute atomic E-state index is 14.5. The highest BCUT2D eigenvalue weighted by molar-refractivity contribution is 7.83. The zero-order valence-electron chi connectivity index (χ0n) is 19.4. The van der Waals surface area contributed by atoms with Gasteiger partial charge in [-0.3, -0.25) is 9.36 Å². The molecular formula is C27H31O3P. The quantitative estimate of drug-likeness (QED) is 0.405. The van der Waals surface area contributed by atoms with Crippen LogP contribution in [-0.2, 0) is 9.98 Å². The zero-order chi connectivity index (χ0) is 23.0. The number of carbonyl (C=O) groups is 1. The Balaban J connectivity index is 2.22. The summed E-state index contributed by atoms with van der Waals surface area (Å²) < 4.78 is 20.7. The van der Waals surface area contributed by atoms with Gasteiger partial charge in [-0.2, -0.15) is 0 Å². The molecule has 0 radical (unpaired) electrons. The highest BCUT2D eigenvalue weighted by Gasteiger charge is 2.40. The third-order valence-electron chi connectivity index (χ3n) is 5.45. The average molecular weight is 435 g/mol. The number of carbonyl (C=O) groups excluding carboxylic acids is 1. The highest BCUT2D eigenvalue weighted by Crippen LogP contribution is 2.51. The molecule has 0 N–H and O–H groups in total. The van der Waals surface area contributed by atoms with E-state index in [1.807, 2.05) is 70.2 Å². The molecule has 0 aliphatic carbocycles. The second kappa shape index (κ2) is 8.48. The molecule has 162 valence electrons. The largest absolute Gasteiger partial charge is 0.435 e. The summed E-state index contributed by atoms with van der Waals surface area (Å²) in [5.74, 6) is 0.481. The SMILES string of the molecule is Cc1ccc(P(=O)(Oc2ccccc2C(C)(C)C)C(=O)c2c(C)cc(C)cc2C)cc1. The van der Waals surface area contributed by atoms with E-state index in [-0.39, 0.29) is 5.41 Å². The fourth-order valence-corrected chi connectivity index (χ4v) is 5.97. The first-order valence-electron chi connectivity index (χ1n) is 10.5. The minimum atomic E-state index is -3.93. The van der Waals surface area contributed by atoms with E-state index in [1.54, 1.807) is 18.2 Å². The third kappa shape index (κ3) is 4.67. The van der Waals surface area contributed by atoms with Gasteiger partial charge in [-0.15, -0.1) is 0 Å². The number of aryl methyl sites for hydroxylation is 4. The summed E-state index contributed by atoms with van der Waals surface area (Å²) in [6, 6.07) is 18.6. The van der Waals surface area contributed by atoms with Crippen molar-refractivity contribution in [2.75, 3.05) is 0 Å². The number of para-hydroxylation sites is 1. The van der Waals surface area contributed by atoms with Crippen LogP contribution in [0.1, 0.15) is 58.9 Å². The standard InChI is InChI=1S/C27H31O3P/c1-18-12-14-22(15-13-18)31(29,26(28)25-20(3)16-19(2)17-21(25)4)30-24-11-9-8-10-23(24)27(5,6)7/h8-17H,1-7H3. The van der Waals surface area contributed by atoms with Crippen molar-refractivity contribution in [2.24, 2.45) is 0 Å². The average Bonchev–Trinajstić information content (AvgIpc) is 2.67. The van der Waals surface area contributed by atoms with E-state index in [4.69, 9.17) is 4.52 Å². The van der Waals surface area contributed by atoms with Crippen LogP contribution in [0.5, 0.6) is 5.75 Å². The fourth-order valence-electron chi connectivity index (χ4n) is 3.92. The van der Waals surface area contributed by atoms with Gasteiger partial charge in [0.15, 0.2) is 0 Å².